The maximum Gasteiger partial charge on any atom is 0.226 e. The van der Waals surface area contributed by atoms with Crippen molar-refractivity contribution in [3.05, 3.63) is 59.2 Å². The zero-order valence-electron chi connectivity index (χ0n) is 12.4. The van der Waals surface area contributed by atoms with Gasteiger partial charge in [0.1, 0.15) is 5.75 Å². The predicted octanol–water partition coefficient (Wildman–Crippen LogP) is 3.39. The van der Waals surface area contributed by atoms with E-state index in [4.69, 9.17) is 4.74 Å². The molecule has 0 radical (unpaired) electrons. The third-order valence-electron chi connectivity index (χ3n) is 4.72. The minimum atomic E-state index is -0.302. The quantitative estimate of drug-likeness (QED) is 0.740. The van der Waals surface area contributed by atoms with Gasteiger partial charge in [-0.05, 0) is 31.5 Å². The van der Waals surface area contributed by atoms with Crippen molar-refractivity contribution in [1.29, 1.82) is 0 Å². The van der Waals surface area contributed by atoms with Crippen molar-refractivity contribution in [3.63, 3.8) is 0 Å². The molecule has 2 heterocycles. The molecule has 0 N–H and O–H groups in total. The number of aryl methyl sites for hydroxylation is 1. The lowest BCUT2D eigenvalue weighted by molar-refractivity contribution is -0.118. The maximum absolute atomic E-state index is 12.2. The minimum Gasteiger partial charge on any atom is -0.468 e. The fourth-order valence-electron chi connectivity index (χ4n) is 3.70. The van der Waals surface area contributed by atoms with Crippen LogP contribution in [0.15, 0.2) is 42.5 Å². The van der Waals surface area contributed by atoms with E-state index in [1.807, 2.05) is 30.3 Å². The first-order valence-corrected chi connectivity index (χ1v) is 7.20. The molecule has 0 bridgehead atoms. The van der Waals surface area contributed by atoms with Crippen LogP contribution >= 0.6 is 0 Å². The molecule has 3 heteroatoms. The number of ether oxygens (including phenoxy) is 1. The highest BCUT2D eigenvalue weighted by atomic mass is 16.5. The summed E-state index contributed by atoms with van der Waals surface area (Å²) in [6, 6.07) is 14.3. The smallest absolute Gasteiger partial charge is 0.226 e. The van der Waals surface area contributed by atoms with Gasteiger partial charge in [0.25, 0.3) is 0 Å². The van der Waals surface area contributed by atoms with Crippen LogP contribution in [0, 0.1) is 6.92 Å². The lowest BCUT2D eigenvalue weighted by atomic mass is 9.77. The Morgan fingerprint density at radius 2 is 1.95 bits per heavy atom. The van der Waals surface area contributed by atoms with E-state index >= 15 is 0 Å². The number of hydrogen-bond donors (Lipinski definition) is 0. The summed E-state index contributed by atoms with van der Waals surface area (Å²) in [5.74, 6) is 0.898. The van der Waals surface area contributed by atoms with E-state index in [2.05, 4.69) is 26.0 Å². The Balaban J connectivity index is 2.02. The van der Waals surface area contributed by atoms with Crippen LogP contribution in [0.2, 0.25) is 0 Å². The Morgan fingerprint density at radius 1 is 1.19 bits per heavy atom. The second kappa shape index (κ2) is 3.88. The van der Waals surface area contributed by atoms with E-state index in [1.54, 1.807) is 11.8 Å². The molecule has 2 aliphatic heterocycles. The number of nitrogens with zero attached hydrogens (tertiary/aromatic N) is 1. The van der Waals surface area contributed by atoms with E-state index in [-0.39, 0.29) is 17.6 Å². The average Bonchev–Trinajstić information content (AvgIpc) is 2.87. The maximum atomic E-state index is 12.2. The van der Waals surface area contributed by atoms with Gasteiger partial charge >= 0.3 is 0 Å². The van der Waals surface area contributed by atoms with Crippen LogP contribution in [-0.2, 0) is 10.2 Å². The number of rotatable bonds is 0. The van der Waals surface area contributed by atoms with Gasteiger partial charge in [0.05, 0.1) is 11.1 Å². The number of amides is 1. The number of carbonyl (C=O) groups excluding carboxylic acids is 1. The van der Waals surface area contributed by atoms with Crippen LogP contribution in [0.4, 0.5) is 5.69 Å². The van der Waals surface area contributed by atoms with Gasteiger partial charge in [0.15, 0.2) is 6.23 Å². The summed E-state index contributed by atoms with van der Waals surface area (Å²) in [5, 5.41) is 0. The first-order chi connectivity index (χ1) is 10.0. The standard InChI is InChI=1S/C18H17NO2/c1-11-8-9-16-14(10-11)18(3)13-6-4-5-7-15(13)19(12(2)20)17(18)21-16/h4-10,17H,1-3H3/t17-,18+/m0/s1. The minimum absolute atomic E-state index is 0.0145. The molecule has 1 amide bonds. The Kier molecular flexibility index (Phi) is 2.30. The van der Waals surface area contributed by atoms with Gasteiger partial charge in [-0.15, -0.1) is 0 Å². The molecule has 0 saturated heterocycles. The number of hydrogen-bond acceptors (Lipinski definition) is 2. The molecule has 0 spiro atoms. The molecule has 2 aliphatic rings. The number of fused-ring (bicyclic) bond motifs is 5. The van der Waals surface area contributed by atoms with Crippen LogP contribution < -0.4 is 9.64 Å². The van der Waals surface area contributed by atoms with E-state index < -0.39 is 0 Å². The molecule has 21 heavy (non-hydrogen) atoms. The largest absolute Gasteiger partial charge is 0.468 e. The molecule has 2 aromatic rings. The van der Waals surface area contributed by atoms with Gasteiger partial charge in [-0.25, -0.2) is 0 Å². The van der Waals surface area contributed by atoms with Crippen LogP contribution in [0.1, 0.15) is 30.5 Å². The lowest BCUT2D eigenvalue weighted by Crippen LogP contribution is -2.46. The monoisotopic (exact) mass is 279 g/mol. The molecule has 3 nitrogen and oxygen atoms in total. The van der Waals surface area contributed by atoms with E-state index in [1.165, 1.54) is 11.1 Å². The van der Waals surface area contributed by atoms with Crippen LogP contribution in [0.3, 0.4) is 0 Å². The first-order valence-electron chi connectivity index (χ1n) is 7.20. The molecule has 4 rings (SSSR count). The third-order valence-corrected chi connectivity index (χ3v) is 4.72. The zero-order chi connectivity index (χ0) is 14.8. The first kappa shape index (κ1) is 12.5. The zero-order valence-corrected chi connectivity index (χ0v) is 12.4. The molecular weight excluding hydrogens is 262 g/mol. The van der Waals surface area contributed by atoms with Gasteiger partial charge in [0, 0.05) is 12.5 Å². The molecule has 2 aromatic carbocycles. The molecule has 2 atom stereocenters. The van der Waals surface area contributed by atoms with Crippen LogP contribution in [0.5, 0.6) is 5.75 Å². The Hall–Kier alpha value is -2.29. The summed E-state index contributed by atoms with van der Waals surface area (Å²) in [4.78, 5) is 13.9. The third kappa shape index (κ3) is 1.41. The molecule has 0 fully saturated rings. The van der Waals surface area contributed by atoms with Crippen molar-refractivity contribution >= 4 is 11.6 Å². The Labute approximate surface area is 124 Å². The van der Waals surface area contributed by atoms with Crippen LogP contribution in [-0.4, -0.2) is 12.1 Å². The van der Waals surface area contributed by atoms with Gasteiger partial charge in [-0.3, -0.25) is 9.69 Å². The fourth-order valence-corrected chi connectivity index (χ4v) is 3.70. The highest BCUT2D eigenvalue weighted by Crippen LogP contribution is 2.56. The average molecular weight is 279 g/mol. The lowest BCUT2D eigenvalue weighted by Gasteiger charge is -2.27. The highest BCUT2D eigenvalue weighted by Gasteiger charge is 2.56. The molecule has 0 aliphatic carbocycles. The van der Waals surface area contributed by atoms with Crippen molar-refractivity contribution in [3.8, 4) is 5.75 Å². The van der Waals surface area contributed by atoms with Crippen LogP contribution in [0.25, 0.3) is 0 Å². The molecule has 106 valence electrons. The molecule has 0 aromatic heterocycles. The van der Waals surface area contributed by atoms with Gasteiger partial charge < -0.3 is 4.74 Å². The summed E-state index contributed by atoms with van der Waals surface area (Å²) in [5.41, 5.74) is 4.20. The van der Waals surface area contributed by atoms with E-state index in [9.17, 15) is 4.79 Å². The molecular formula is C18H17NO2. The Bertz CT molecular complexity index is 768. The van der Waals surface area contributed by atoms with E-state index in [0.29, 0.717) is 0 Å². The fraction of sp³-hybridized carbons (Fsp3) is 0.278. The summed E-state index contributed by atoms with van der Waals surface area (Å²) >= 11 is 0. The van der Waals surface area contributed by atoms with Crippen molar-refractivity contribution in [2.75, 3.05) is 4.90 Å². The van der Waals surface area contributed by atoms with Gasteiger partial charge in [0.2, 0.25) is 5.91 Å². The number of anilines is 1. The summed E-state index contributed by atoms with van der Waals surface area (Å²) < 4.78 is 6.15. The second-order valence-electron chi connectivity index (χ2n) is 6.08. The van der Waals surface area contributed by atoms with Crippen molar-refractivity contribution in [2.45, 2.75) is 32.4 Å². The van der Waals surface area contributed by atoms with Gasteiger partial charge in [-0.1, -0.05) is 35.9 Å². The van der Waals surface area contributed by atoms with E-state index in [0.717, 1.165) is 17.0 Å². The highest BCUT2D eigenvalue weighted by molar-refractivity contribution is 5.96. The Morgan fingerprint density at radius 3 is 2.71 bits per heavy atom. The summed E-state index contributed by atoms with van der Waals surface area (Å²) in [6.07, 6.45) is -0.288. The van der Waals surface area contributed by atoms with Gasteiger partial charge in [-0.2, -0.15) is 0 Å². The summed E-state index contributed by atoms with van der Waals surface area (Å²) in [7, 11) is 0. The SMILES string of the molecule is CC(=O)N1c2ccccc2[C@]2(C)c3cc(C)ccc3O[C@H]12. The van der Waals surface area contributed by atoms with Crippen molar-refractivity contribution < 1.29 is 9.53 Å². The molecule has 0 unspecified atom stereocenters. The predicted molar refractivity (Wildman–Crippen MR) is 81.7 cm³/mol. The number of para-hydroxylation sites is 1. The number of benzene rings is 2. The second-order valence-corrected chi connectivity index (χ2v) is 6.08. The van der Waals surface area contributed by atoms with Crippen molar-refractivity contribution in [1.82, 2.24) is 0 Å². The number of carbonyl (C=O) groups is 1. The topological polar surface area (TPSA) is 29.5 Å². The normalized spacial score (nSPS) is 25.1. The van der Waals surface area contributed by atoms with Crippen molar-refractivity contribution in [2.24, 2.45) is 0 Å². The molecule has 0 saturated carbocycles. The summed E-state index contributed by atoms with van der Waals surface area (Å²) in [6.45, 7) is 5.85.